The normalized spacial score (nSPS) is 16.5. The summed E-state index contributed by atoms with van der Waals surface area (Å²) < 4.78 is 1.55. The van der Waals surface area contributed by atoms with Gasteiger partial charge in [0.2, 0.25) is 5.91 Å². The molecule has 0 aliphatic carbocycles. The molecule has 3 aromatic rings. The van der Waals surface area contributed by atoms with E-state index < -0.39 is 5.25 Å². The fraction of sp³-hybridized carbons (Fsp3) is 0.261. The Morgan fingerprint density at radius 1 is 1.37 bits per heavy atom. The van der Waals surface area contributed by atoms with Crippen LogP contribution in [0.1, 0.15) is 19.4 Å². The maximum atomic E-state index is 13.3. The Labute approximate surface area is 184 Å². The number of amides is 1. The molecule has 1 aliphatic rings. The summed E-state index contributed by atoms with van der Waals surface area (Å²) in [7, 11) is 0. The van der Waals surface area contributed by atoms with E-state index in [1.807, 2.05) is 30.0 Å². The third-order valence-corrected chi connectivity index (χ3v) is 6.58. The number of halogens is 1. The molecule has 7 heteroatoms. The van der Waals surface area contributed by atoms with Crippen LogP contribution in [0.4, 0.5) is 5.69 Å². The van der Waals surface area contributed by atoms with Gasteiger partial charge in [-0.1, -0.05) is 47.6 Å². The summed E-state index contributed by atoms with van der Waals surface area (Å²) in [5, 5.41) is 1.07. The first-order chi connectivity index (χ1) is 14.4. The molecule has 0 saturated carbocycles. The molecule has 5 nitrogen and oxygen atoms in total. The number of allylic oxidation sites excluding steroid dienone is 1. The Kier molecular flexibility index (Phi) is 5.71. The van der Waals surface area contributed by atoms with Crippen LogP contribution in [0.5, 0.6) is 0 Å². The van der Waals surface area contributed by atoms with E-state index in [0.717, 1.165) is 12.1 Å². The van der Waals surface area contributed by atoms with Crippen LogP contribution in [0.15, 0.2) is 65.1 Å². The van der Waals surface area contributed by atoms with Crippen molar-refractivity contribution in [1.29, 1.82) is 0 Å². The molecule has 2 heterocycles. The number of thioether (sulfide) groups is 1. The lowest BCUT2D eigenvalue weighted by molar-refractivity contribution is -0.118. The van der Waals surface area contributed by atoms with E-state index in [9.17, 15) is 9.59 Å². The Balaban J connectivity index is 1.69. The van der Waals surface area contributed by atoms with Gasteiger partial charge in [-0.25, -0.2) is 4.98 Å². The van der Waals surface area contributed by atoms with Gasteiger partial charge in [0.15, 0.2) is 5.16 Å². The maximum absolute atomic E-state index is 13.3. The van der Waals surface area contributed by atoms with Crippen LogP contribution < -0.4 is 10.5 Å². The van der Waals surface area contributed by atoms with Crippen molar-refractivity contribution >= 4 is 45.9 Å². The zero-order valence-corrected chi connectivity index (χ0v) is 18.4. The van der Waals surface area contributed by atoms with E-state index in [2.05, 4.69) is 24.6 Å². The molecule has 0 spiro atoms. The highest BCUT2D eigenvalue weighted by molar-refractivity contribution is 8.00. The van der Waals surface area contributed by atoms with Crippen molar-refractivity contribution in [2.75, 3.05) is 4.90 Å². The molecule has 30 heavy (non-hydrogen) atoms. The Morgan fingerprint density at radius 3 is 2.90 bits per heavy atom. The number of anilines is 1. The van der Waals surface area contributed by atoms with Crippen molar-refractivity contribution < 1.29 is 4.79 Å². The monoisotopic (exact) mass is 439 g/mol. The van der Waals surface area contributed by atoms with Crippen molar-refractivity contribution in [2.24, 2.45) is 0 Å². The molecule has 2 atom stereocenters. The molecule has 0 fully saturated rings. The van der Waals surface area contributed by atoms with Crippen LogP contribution in [-0.2, 0) is 17.8 Å². The van der Waals surface area contributed by atoms with Crippen LogP contribution in [0, 0.1) is 0 Å². The first-order valence-corrected chi connectivity index (χ1v) is 11.0. The molecule has 4 rings (SSSR count). The second-order valence-electron chi connectivity index (χ2n) is 7.41. The third-order valence-electron chi connectivity index (χ3n) is 5.27. The molecule has 0 saturated heterocycles. The topological polar surface area (TPSA) is 55.2 Å². The number of aromatic nitrogens is 2. The molecular weight excluding hydrogens is 418 g/mol. The maximum Gasteiger partial charge on any atom is 0.262 e. The van der Waals surface area contributed by atoms with Crippen LogP contribution in [0.2, 0.25) is 5.02 Å². The van der Waals surface area contributed by atoms with E-state index in [-0.39, 0.29) is 17.5 Å². The lowest BCUT2D eigenvalue weighted by atomic mass is 10.1. The van der Waals surface area contributed by atoms with Crippen molar-refractivity contribution in [3.8, 4) is 0 Å². The predicted molar refractivity (Wildman–Crippen MR) is 124 cm³/mol. The van der Waals surface area contributed by atoms with E-state index in [0.29, 0.717) is 27.6 Å². The van der Waals surface area contributed by atoms with Gasteiger partial charge in [0, 0.05) is 23.3 Å². The van der Waals surface area contributed by atoms with Gasteiger partial charge >= 0.3 is 0 Å². The number of carbonyl (C=O) groups excluding carboxylic acids is 1. The second kappa shape index (κ2) is 8.28. The number of fused-ring (bicyclic) bond motifs is 2. The fourth-order valence-electron chi connectivity index (χ4n) is 3.86. The van der Waals surface area contributed by atoms with Crippen molar-refractivity contribution in [1.82, 2.24) is 9.55 Å². The molecular formula is C23H22ClN3O2S. The number of rotatable bonds is 5. The molecule has 2 unspecified atom stereocenters. The van der Waals surface area contributed by atoms with Crippen molar-refractivity contribution in [2.45, 2.75) is 43.3 Å². The van der Waals surface area contributed by atoms with E-state index >= 15 is 0 Å². The summed E-state index contributed by atoms with van der Waals surface area (Å²) in [6.07, 6.45) is 2.49. The number of benzene rings is 2. The highest BCUT2D eigenvalue weighted by Gasteiger charge is 2.34. The Hall–Kier alpha value is -2.57. The summed E-state index contributed by atoms with van der Waals surface area (Å²) in [6.45, 7) is 7.98. The van der Waals surface area contributed by atoms with Crippen LogP contribution in [0.3, 0.4) is 0 Å². The van der Waals surface area contributed by atoms with Gasteiger partial charge in [-0.05, 0) is 50.1 Å². The van der Waals surface area contributed by atoms with E-state index in [1.54, 1.807) is 28.8 Å². The van der Waals surface area contributed by atoms with Gasteiger partial charge in [-0.2, -0.15) is 0 Å². The molecule has 0 N–H and O–H groups in total. The van der Waals surface area contributed by atoms with Gasteiger partial charge in [-0.3, -0.25) is 14.2 Å². The second-order valence-corrected chi connectivity index (χ2v) is 9.15. The van der Waals surface area contributed by atoms with Crippen molar-refractivity contribution in [3.05, 3.63) is 76.1 Å². The molecule has 1 amide bonds. The highest BCUT2D eigenvalue weighted by Crippen LogP contribution is 2.34. The number of hydrogen-bond donors (Lipinski definition) is 0. The zero-order chi connectivity index (χ0) is 21.4. The summed E-state index contributed by atoms with van der Waals surface area (Å²) >= 11 is 7.38. The minimum Gasteiger partial charge on any atom is -0.308 e. The number of hydrogen-bond acceptors (Lipinski definition) is 4. The van der Waals surface area contributed by atoms with Crippen LogP contribution in [-0.4, -0.2) is 26.8 Å². The van der Waals surface area contributed by atoms with Gasteiger partial charge < -0.3 is 4.90 Å². The summed E-state index contributed by atoms with van der Waals surface area (Å²) in [6, 6.07) is 13.1. The first-order valence-electron chi connectivity index (χ1n) is 9.79. The minimum atomic E-state index is -0.418. The van der Waals surface area contributed by atoms with Gasteiger partial charge in [0.05, 0.1) is 16.2 Å². The number of carbonyl (C=O) groups is 1. The molecule has 154 valence electrons. The van der Waals surface area contributed by atoms with Crippen LogP contribution >= 0.6 is 23.4 Å². The number of nitrogens with zero attached hydrogens (tertiary/aromatic N) is 3. The van der Waals surface area contributed by atoms with Crippen molar-refractivity contribution in [3.63, 3.8) is 0 Å². The lowest BCUT2D eigenvalue weighted by Gasteiger charge is -2.26. The minimum absolute atomic E-state index is 0.00282. The van der Waals surface area contributed by atoms with E-state index in [1.165, 1.54) is 17.3 Å². The number of para-hydroxylation sites is 1. The standard InChI is InChI=1S/C23H22ClN3O2S/c1-4-11-26-22(29)18-10-9-17(24)13-19(18)25-23(26)30-15(3)21(28)27-14(2)12-16-7-5-6-8-20(16)27/h4-10,13-15H,1,11-12H2,2-3H3. The highest BCUT2D eigenvalue weighted by atomic mass is 35.5. The lowest BCUT2D eigenvalue weighted by Crippen LogP contribution is -2.40. The predicted octanol–water partition coefficient (Wildman–Crippen LogP) is 4.69. The molecule has 1 aromatic heterocycles. The smallest absolute Gasteiger partial charge is 0.262 e. The van der Waals surface area contributed by atoms with Gasteiger partial charge in [0.1, 0.15) is 0 Å². The SMILES string of the molecule is C=CCn1c(SC(C)C(=O)N2c3ccccc3CC2C)nc2cc(Cl)ccc2c1=O. The zero-order valence-electron chi connectivity index (χ0n) is 16.8. The molecule has 1 aliphatic heterocycles. The average molecular weight is 440 g/mol. The van der Waals surface area contributed by atoms with Crippen LogP contribution in [0.25, 0.3) is 10.9 Å². The van der Waals surface area contributed by atoms with Gasteiger partial charge in [0.25, 0.3) is 5.56 Å². The summed E-state index contributed by atoms with van der Waals surface area (Å²) in [5.74, 6) is 0.00282. The molecule has 0 radical (unpaired) electrons. The molecule has 2 aromatic carbocycles. The molecule has 0 bridgehead atoms. The summed E-state index contributed by atoms with van der Waals surface area (Å²) in [4.78, 5) is 32.9. The largest absolute Gasteiger partial charge is 0.308 e. The average Bonchev–Trinajstić information content (AvgIpc) is 3.05. The van der Waals surface area contributed by atoms with E-state index in [4.69, 9.17) is 11.6 Å². The Bertz CT molecular complexity index is 1210. The Morgan fingerprint density at radius 2 is 2.13 bits per heavy atom. The fourth-order valence-corrected chi connectivity index (χ4v) is 4.99. The first kappa shape index (κ1) is 20.7. The van der Waals surface area contributed by atoms with Gasteiger partial charge in [-0.15, -0.1) is 6.58 Å². The summed E-state index contributed by atoms with van der Waals surface area (Å²) in [5.41, 5.74) is 2.50. The quantitative estimate of drug-likeness (QED) is 0.328. The third kappa shape index (κ3) is 3.66.